The summed E-state index contributed by atoms with van der Waals surface area (Å²) in [5, 5.41) is 10.8. The van der Waals surface area contributed by atoms with E-state index in [1.807, 2.05) is 29.0 Å². The van der Waals surface area contributed by atoms with E-state index in [0.717, 1.165) is 5.56 Å². The summed E-state index contributed by atoms with van der Waals surface area (Å²) in [6.07, 6.45) is 3.40. The third-order valence-corrected chi connectivity index (χ3v) is 5.07. The lowest BCUT2D eigenvalue weighted by atomic mass is 10.2. The first-order valence-corrected chi connectivity index (χ1v) is 9.23. The number of hydrogen-bond donors (Lipinski definition) is 1. The molecular formula is C18H17N5O2S. The topological polar surface area (TPSA) is 82.2 Å². The summed E-state index contributed by atoms with van der Waals surface area (Å²) in [6, 6.07) is 7.29. The highest BCUT2D eigenvalue weighted by atomic mass is 32.1. The zero-order chi connectivity index (χ0) is 17.9. The van der Waals surface area contributed by atoms with Crippen molar-refractivity contribution >= 4 is 23.2 Å². The molecule has 0 saturated carbocycles. The van der Waals surface area contributed by atoms with Crippen molar-refractivity contribution in [3.05, 3.63) is 58.7 Å². The molecule has 4 rings (SSSR count). The van der Waals surface area contributed by atoms with Crippen LogP contribution in [0.5, 0.6) is 0 Å². The number of piperazine rings is 1. The molecule has 0 aromatic carbocycles. The molecule has 1 saturated heterocycles. The number of carbonyl (C=O) groups is 2. The van der Waals surface area contributed by atoms with Gasteiger partial charge in [0, 0.05) is 49.5 Å². The third-order valence-electron chi connectivity index (χ3n) is 4.39. The number of nitrogens with zero attached hydrogens (tertiary/aromatic N) is 4. The largest absolute Gasteiger partial charge is 0.335 e. The first kappa shape index (κ1) is 16.5. The zero-order valence-corrected chi connectivity index (χ0v) is 14.8. The first-order valence-electron chi connectivity index (χ1n) is 8.29. The lowest BCUT2D eigenvalue weighted by Crippen LogP contribution is -2.50. The number of carbonyl (C=O) groups excluding carboxylic acids is 2. The van der Waals surface area contributed by atoms with Crippen molar-refractivity contribution in [1.29, 1.82) is 0 Å². The second-order valence-electron chi connectivity index (χ2n) is 6.00. The van der Waals surface area contributed by atoms with Gasteiger partial charge in [0.1, 0.15) is 5.69 Å². The average Bonchev–Trinajstić information content (AvgIpc) is 3.40. The van der Waals surface area contributed by atoms with Crippen molar-refractivity contribution in [3.63, 3.8) is 0 Å². The first-order chi connectivity index (χ1) is 12.7. The summed E-state index contributed by atoms with van der Waals surface area (Å²) in [5.41, 5.74) is 2.70. The molecular weight excluding hydrogens is 350 g/mol. The Morgan fingerprint density at radius 3 is 2.50 bits per heavy atom. The molecule has 7 nitrogen and oxygen atoms in total. The summed E-state index contributed by atoms with van der Waals surface area (Å²) in [7, 11) is 0. The van der Waals surface area contributed by atoms with Crippen molar-refractivity contribution in [3.8, 4) is 11.3 Å². The summed E-state index contributed by atoms with van der Waals surface area (Å²) in [6.45, 7) is 2.08. The standard InChI is InChI=1S/C18H17N5O2S/c24-17(14-3-9-26-12-14)22-5-7-23(8-6-22)18(25)16-10-15(20-21-16)13-2-1-4-19-11-13/h1-4,9-12H,5-8H2,(H,20,21). The molecule has 4 heterocycles. The van der Waals surface area contributed by atoms with Gasteiger partial charge in [0.15, 0.2) is 0 Å². The predicted octanol–water partition coefficient (Wildman–Crippen LogP) is 2.13. The third kappa shape index (κ3) is 3.23. The molecule has 26 heavy (non-hydrogen) atoms. The van der Waals surface area contributed by atoms with E-state index >= 15 is 0 Å². The Morgan fingerprint density at radius 1 is 1.08 bits per heavy atom. The van der Waals surface area contributed by atoms with Gasteiger partial charge in [-0.2, -0.15) is 16.4 Å². The van der Waals surface area contributed by atoms with Crippen LogP contribution in [0.2, 0.25) is 0 Å². The highest BCUT2D eigenvalue weighted by molar-refractivity contribution is 7.08. The van der Waals surface area contributed by atoms with Crippen LogP contribution in [-0.2, 0) is 0 Å². The van der Waals surface area contributed by atoms with Crippen LogP contribution in [0.25, 0.3) is 11.3 Å². The van der Waals surface area contributed by atoms with Gasteiger partial charge in [0.25, 0.3) is 11.8 Å². The minimum Gasteiger partial charge on any atom is -0.335 e. The van der Waals surface area contributed by atoms with Gasteiger partial charge < -0.3 is 9.80 Å². The molecule has 2 amide bonds. The smallest absolute Gasteiger partial charge is 0.272 e. The summed E-state index contributed by atoms with van der Waals surface area (Å²) in [5.74, 6) is -0.0750. The van der Waals surface area contributed by atoms with E-state index in [0.29, 0.717) is 43.1 Å². The van der Waals surface area contributed by atoms with Gasteiger partial charge in [0.2, 0.25) is 0 Å². The molecule has 0 aliphatic carbocycles. The molecule has 0 bridgehead atoms. The van der Waals surface area contributed by atoms with E-state index in [1.165, 1.54) is 11.3 Å². The molecule has 8 heteroatoms. The minimum atomic E-state index is -0.102. The summed E-state index contributed by atoms with van der Waals surface area (Å²) in [4.78, 5) is 32.7. The van der Waals surface area contributed by atoms with Crippen LogP contribution in [-0.4, -0.2) is 63.0 Å². The van der Waals surface area contributed by atoms with Crippen LogP contribution < -0.4 is 0 Å². The van der Waals surface area contributed by atoms with Gasteiger partial charge in [-0.05, 0) is 29.6 Å². The van der Waals surface area contributed by atoms with Crippen molar-refractivity contribution in [2.45, 2.75) is 0 Å². The van der Waals surface area contributed by atoms with E-state index in [1.54, 1.807) is 28.3 Å². The van der Waals surface area contributed by atoms with Crippen LogP contribution in [0.1, 0.15) is 20.8 Å². The number of pyridine rings is 1. The molecule has 0 radical (unpaired) electrons. The maximum atomic E-state index is 12.7. The van der Waals surface area contributed by atoms with Crippen molar-refractivity contribution in [1.82, 2.24) is 25.0 Å². The average molecular weight is 367 g/mol. The van der Waals surface area contributed by atoms with Gasteiger partial charge in [0.05, 0.1) is 11.3 Å². The molecule has 0 spiro atoms. The number of H-pyrrole nitrogens is 1. The molecule has 1 fully saturated rings. The van der Waals surface area contributed by atoms with Gasteiger partial charge in [-0.15, -0.1) is 0 Å². The van der Waals surface area contributed by atoms with E-state index in [4.69, 9.17) is 0 Å². The number of thiophene rings is 1. The van der Waals surface area contributed by atoms with E-state index in [2.05, 4.69) is 15.2 Å². The van der Waals surface area contributed by atoms with Crippen LogP contribution in [0, 0.1) is 0 Å². The van der Waals surface area contributed by atoms with Crippen molar-refractivity contribution in [2.24, 2.45) is 0 Å². The Balaban J connectivity index is 1.40. The van der Waals surface area contributed by atoms with Gasteiger partial charge in [-0.3, -0.25) is 19.7 Å². The van der Waals surface area contributed by atoms with Gasteiger partial charge in [-0.1, -0.05) is 0 Å². The van der Waals surface area contributed by atoms with Crippen LogP contribution in [0.3, 0.4) is 0 Å². The second-order valence-corrected chi connectivity index (χ2v) is 6.79. The molecule has 3 aromatic heterocycles. The van der Waals surface area contributed by atoms with E-state index in [9.17, 15) is 9.59 Å². The quantitative estimate of drug-likeness (QED) is 0.769. The number of aromatic amines is 1. The second kappa shape index (κ2) is 7.09. The number of hydrogen-bond acceptors (Lipinski definition) is 5. The Labute approximate surface area is 154 Å². The Hall–Kier alpha value is -3.00. The number of aromatic nitrogens is 3. The highest BCUT2D eigenvalue weighted by Crippen LogP contribution is 2.18. The Morgan fingerprint density at radius 2 is 1.85 bits per heavy atom. The fraction of sp³-hybridized carbons (Fsp3) is 0.222. The molecule has 1 N–H and O–H groups in total. The molecule has 1 aliphatic heterocycles. The zero-order valence-electron chi connectivity index (χ0n) is 14.0. The Kier molecular flexibility index (Phi) is 4.49. The monoisotopic (exact) mass is 367 g/mol. The number of nitrogens with one attached hydrogen (secondary N) is 1. The fourth-order valence-electron chi connectivity index (χ4n) is 2.95. The van der Waals surface area contributed by atoms with Crippen LogP contribution in [0.15, 0.2) is 47.4 Å². The molecule has 132 valence electrons. The Bertz CT molecular complexity index is 899. The molecule has 3 aromatic rings. The maximum absolute atomic E-state index is 12.7. The van der Waals surface area contributed by atoms with E-state index < -0.39 is 0 Å². The fourth-order valence-corrected chi connectivity index (χ4v) is 3.57. The highest BCUT2D eigenvalue weighted by Gasteiger charge is 2.26. The normalized spacial score (nSPS) is 14.5. The van der Waals surface area contributed by atoms with Crippen LogP contribution >= 0.6 is 11.3 Å². The molecule has 0 atom stereocenters. The molecule has 0 unspecified atom stereocenters. The van der Waals surface area contributed by atoms with Crippen LogP contribution in [0.4, 0.5) is 0 Å². The SMILES string of the molecule is O=C(c1ccsc1)N1CCN(C(=O)c2cc(-c3cccnc3)n[nH]2)CC1. The van der Waals surface area contributed by atoms with Crippen molar-refractivity contribution in [2.75, 3.05) is 26.2 Å². The van der Waals surface area contributed by atoms with Crippen molar-refractivity contribution < 1.29 is 9.59 Å². The number of amides is 2. The predicted molar refractivity (Wildman–Crippen MR) is 97.9 cm³/mol. The van der Waals surface area contributed by atoms with Gasteiger partial charge >= 0.3 is 0 Å². The lowest BCUT2D eigenvalue weighted by Gasteiger charge is -2.34. The maximum Gasteiger partial charge on any atom is 0.272 e. The molecule has 1 aliphatic rings. The number of rotatable bonds is 3. The minimum absolute atomic E-state index is 0.0266. The lowest BCUT2D eigenvalue weighted by molar-refractivity contribution is 0.0532. The summed E-state index contributed by atoms with van der Waals surface area (Å²) < 4.78 is 0. The summed E-state index contributed by atoms with van der Waals surface area (Å²) >= 11 is 1.51. The van der Waals surface area contributed by atoms with E-state index in [-0.39, 0.29) is 11.8 Å². The van der Waals surface area contributed by atoms with Gasteiger partial charge in [-0.25, -0.2) is 0 Å².